The fraction of sp³-hybridized carbons (Fsp3) is 0.125. The third-order valence-corrected chi connectivity index (χ3v) is 5.08. The van der Waals surface area contributed by atoms with E-state index in [2.05, 4.69) is 4.99 Å². The van der Waals surface area contributed by atoms with E-state index in [9.17, 15) is 14.0 Å². The van der Waals surface area contributed by atoms with E-state index in [0.29, 0.717) is 22.5 Å². The molecule has 1 atom stereocenters. The summed E-state index contributed by atoms with van der Waals surface area (Å²) in [5.41, 5.74) is 6.69. The van der Waals surface area contributed by atoms with Crippen molar-refractivity contribution in [3.63, 3.8) is 0 Å². The van der Waals surface area contributed by atoms with Crippen molar-refractivity contribution >= 4 is 23.3 Å². The van der Waals surface area contributed by atoms with Crippen molar-refractivity contribution in [2.45, 2.75) is 12.3 Å². The molecule has 4 rings (SSSR count). The zero-order valence-electron chi connectivity index (χ0n) is 16.8. The molecule has 0 aliphatic carbocycles. The van der Waals surface area contributed by atoms with Crippen LogP contribution in [0.1, 0.15) is 16.7 Å². The first-order valence-corrected chi connectivity index (χ1v) is 9.63. The molecule has 31 heavy (non-hydrogen) atoms. The number of anilines is 1. The van der Waals surface area contributed by atoms with Gasteiger partial charge in [-0.1, -0.05) is 48.5 Å². The highest BCUT2D eigenvalue weighted by atomic mass is 19.1. The van der Waals surface area contributed by atoms with Crippen LogP contribution in [-0.4, -0.2) is 30.3 Å². The number of ether oxygens (including phenoxy) is 1. The van der Waals surface area contributed by atoms with Gasteiger partial charge in [0.15, 0.2) is 0 Å². The molecule has 0 spiro atoms. The molecule has 1 heterocycles. The molecule has 0 radical (unpaired) electrons. The lowest BCUT2D eigenvalue weighted by atomic mass is 10.00. The Bertz CT molecular complexity index is 1160. The molecule has 0 aromatic heterocycles. The molecule has 3 aromatic rings. The van der Waals surface area contributed by atoms with Gasteiger partial charge in [-0.3, -0.25) is 10.5 Å². The number of carbonyl (C=O) groups excluding carboxylic acids is 2. The largest absolute Gasteiger partial charge is 0.458 e. The number of nitrogens with zero attached hydrogens (tertiary/aromatic N) is 2. The SMILES string of the molecule is CN1C(=O)C(N)(C(=O)OCc2ccccc2)N=C(c2ccc(F)cc2)c2ccccc21. The summed E-state index contributed by atoms with van der Waals surface area (Å²) in [5.74, 6) is -2.11. The number of amides is 1. The first kappa shape index (κ1) is 20.4. The second kappa shape index (κ2) is 8.12. The summed E-state index contributed by atoms with van der Waals surface area (Å²) in [6.45, 7) is -0.0516. The van der Waals surface area contributed by atoms with Crippen molar-refractivity contribution in [2.75, 3.05) is 11.9 Å². The molecule has 1 aliphatic heterocycles. The van der Waals surface area contributed by atoms with Gasteiger partial charge < -0.3 is 9.64 Å². The van der Waals surface area contributed by atoms with Gasteiger partial charge in [0.2, 0.25) is 0 Å². The molecule has 0 bridgehead atoms. The molecule has 1 amide bonds. The average molecular weight is 417 g/mol. The lowest BCUT2D eigenvalue weighted by molar-refractivity contribution is -0.154. The fourth-order valence-corrected chi connectivity index (χ4v) is 3.41. The Morgan fingerprint density at radius 2 is 1.68 bits per heavy atom. The highest BCUT2D eigenvalue weighted by Gasteiger charge is 2.48. The number of carbonyl (C=O) groups is 2. The topological polar surface area (TPSA) is 85.0 Å². The van der Waals surface area contributed by atoms with E-state index in [-0.39, 0.29) is 6.61 Å². The van der Waals surface area contributed by atoms with Crippen LogP contribution in [0.3, 0.4) is 0 Å². The first-order chi connectivity index (χ1) is 14.9. The van der Waals surface area contributed by atoms with Crippen LogP contribution in [0.2, 0.25) is 0 Å². The maximum atomic E-state index is 13.5. The standard InChI is InChI=1S/C24H20FN3O3/c1-28-20-10-6-5-9-19(20)21(17-11-13-18(25)14-12-17)27-24(26,22(28)29)23(30)31-15-16-7-3-2-4-8-16/h2-14H,15,26H2,1H3. The minimum atomic E-state index is -2.30. The summed E-state index contributed by atoms with van der Waals surface area (Å²) in [6.07, 6.45) is 0. The third kappa shape index (κ3) is 3.83. The zero-order chi connectivity index (χ0) is 22.0. The first-order valence-electron chi connectivity index (χ1n) is 9.63. The number of hydrogen-bond donors (Lipinski definition) is 1. The number of halogens is 1. The van der Waals surface area contributed by atoms with E-state index in [0.717, 1.165) is 5.56 Å². The van der Waals surface area contributed by atoms with E-state index in [1.807, 2.05) is 18.2 Å². The normalized spacial score (nSPS) is 18.1. The molecule has 1 aliphatic rings. The molecule has 3 aromatic carbocycles. The van der Waals surface area contributed by atoms with Crippen molar-refractivity contribution in [2.24, 2.45) is 10.7 Å². The molecule has 7 heteroatoms. The number of aliphatic imine (C=N–C) groups is 1. The van der Waals surface area contributed by atoms with Gasteiger partial charge in [0.25, 0.3) is 11.6 Å². The average Bonchev–Trinajstić information content (AvgIpc) is 2.89. The van der Waals surface area contributed by atoms with Crippen LogP contribution in [0.5, 0.6) is 0 Å². The van der Waals surface area contributed by atoms with Gasteiger partial charge in [-0.15, -0.1) is 0 Å². The highest BCUT2D eigenvalue weighted by Crippen LogP contribution is 2.30. The molecule has 6 nitrogen and oxygen atoms in total. The Kier molecular flexibility index (Phi) is 5.35. The van der Waals surface area contributed by atoms with E-state index in [1.54, 1.807) is 36.4 Å². The second-order valence-electron chi connectivity index (χ2n) is 7.18. The number of benzene rings is 3. The molecular formula is C24H20FN3O3. The summed E-state index contributed by atoms with van der Waals surface area (Å²) in [7, 11) is 1.52. The number of hydrogen-bond acceptors (Lipinski definition) is 5. The number of benzodiazepines with no additional fused rings is 1. The number of rotatable bonds is 4. The van der Waals surface area contributed by atoms with Crippen molar-refractivity contribution in [3.8, 4) is 0 Å². The van der Waals surface area contributed by atoms with Gasteiger partial charge in [0, 0.05) is 18.2 Å². The van der Waals surface area contributed by atoms with Gasteiger partial charge in [0.05, 0.1) is 11.4 Å². The van der Waals surface area contributed by atoms with Gasteiger partial charge >= 0.3 is 5.97 Å². The van der Waals surface area contributed by atoms with E-state index < -0.39 is 23.4 Å². The number of para-hydroxylation sites is 1. The smallest absolute Gasteiger partial charge is 0.359 e. The number of esters is 1. The molecule has 0 fully saturated rings. The fourth-order valence-electron chi connectivity index (χ4n) is 3.41. The van der Waals surface area contributed by atoms with Gasteiger partial charge in [0.1, 0.15) is 12.4 Å². The maximum Gasteiger partial charge on any atom is 0.359 e. The number of likely N-dealkylation sites (N-methyl/N-ethyl adjacent to an activating group) is 1. The second-order valence-corrected chi connectivity index (χ2v) is 7.18. The van der Waals surface area contributed by atoms with E-state index in [4.69, 9.17) is 10.5 Å². The molecule has 0 saturated carbocycles. The van der Waals surface area contributed by atoms with Crippen LogP contribution in [0.15, 0.2) is 83.9 Å². The quantitative estimate of drug-likeness (QED) is 0.522. The van der Waals surface area contributed by atoms with Crippen LogP contribution < -0.4 is 10.6 Å². The monoisotopic (exact) mass is 417 g/mol. The minimum absolute atomic E-state index is 0.0516. The zero-order valence-corrected chi connectivity index (χ0v) is 16.8. The molecule has 0 saturated heterocycles. The number of nitrogens with two attached hydrogens (primary N) is 1. The van der Waals surface area contributed by atoms with Crippen LogP contribution in [0.25, 0.3) is 0 Å². The lowest BCUT2D eigenvalue weighted by Crippen LogP contribution is -2.59. The predicted octanol–water partition coefficient (Wildman–Crippen LogP) is 3.04. The lowest BCUT2D eigenvalue weighted by Gasteiger charge is -2.25. The molecule has 1 unspecified atom stereocenters. The Morgan fingerprint density at radius 3 is 2.39 bits per heavy atom. The van der Waals surface area contributed by atoms with Crippen molar-refractivity contribution < 1.29 is 18.7 Å². The van der Waals surface area contributed by atoms with Crippen LogP contribution in [0, 0.1) is 5.82 Å². The van der Waals surface area contributed by atoms with E-state index in [1.165, 1.54) is 36.2 Å². The summed E-state index contributed by atoms with van der Waals surface area (Å²) < 4.78 is 18.9. The predicted molar refractivity (Wildman–Crippen MR) is 115 cm³/mol. The van der Waals surface area contributed by atoms with E-state index >= 15 is 0 Å². The highest BCUT2D eigenvalue weighted by molar-refractivity contribution is 6.24. The van der Waals surface area contributed by atoms with Crippen molar-refractivity contribution in [1.82, 2.24) is 0 Å². The Labute approximate surface area is 178 Å². The van der Waals surface area contributed by atoms with Gasteiger partial charge in [-0.25, -0.2) is 14.2 Å². The Balaban J connectivity index is 1.79. The minimum Gasteiger partial charge on any atom is -0.458 e. The maximum absolute atomic E-state index is 13.5. The van der Waals surface area contributed by atoms with Crippen LogP contribution in [0.4, 0.5) is 10.1 Å². The summed E-state index contributed by atoms with van der Waals surface area (Å²) in [5, 5.41) is 0. The molecule has 2 N–H and O–H groups in total. The third-order valence-electron chi connectivity index (χ3n) is 5.08. The molecular weight excluding hydrogens is 397 g/mol. The molecule has 156 valence electrons. The van der Waals surface area contributed by atoms with Gasteiger partial charge in [-0.2, -0.15) is 0 Å². The summed E-state index contributed by atoms with van der Waals surface area (Å²) >= 11 is 0. The summed E-state index contributed by atoms with van der Waals surface area (Å²) in [4.78, 5) is 32.0. The van der Waals surface area contributed by atoms with Crippen LogP contribution in [-0.2, 0) is 20.9 Å². The Hall–Kier alpha value is -3.84. The van der Waals surface area contributed by atoms with Crippen molar-refractivity contribution in [1.29, 1.82) is 0 Å². The Morgan fingerprint density at radius 1 is 1.03 bits per heavy atom. The van der Waals surface area contributed by atoms with Crippen LogP contribution >= 0.6 is 0 Å². The summed E-state index contributed by atoms with van der Waals surface area (Å²) in [6, 6.07) is 21.7. The number of fused-ring (bicyclic) bond motifs is 1. The van der Waals surface area contributed by atoms with Gasteiger partial charge in [-0.05, 0) is 35.9 Å². The van der Waals surface area contributed by atoms with Crippen molar-refractivity contribution in [3.05, 3.63) is 101 Å².